The minimum atomic E-state index is 0.644. The number of carbonyl (C=O) groups excluding carboxylic acids is 1. The number of rotatable bonds is 4. The third-order valence-corrected chi connectivity index (χ3v) is 5.66. The van der Waals surface area contributed by atoms with Gasteiger partial charge in [-0.25, -0.2) is 0 Å². The molecular formula is C15H16Br2O2. The highest BCUT2D eigenvalue weighted by Gasteiger charge is 2.39. The molecule has 0 amide bonds. The summed E-state index contributed by atoms with van der Waals surface area (Å²) in [7, 11) is 0. The summed E-state index contributed by atoms with van der Waals surface area (Å²) in [6.45, 7) is 0.790. The Labute approximate surface area is 130 Å². The minimum absolute atomic E-state index is 0.644. The lowest BCUT2D eigenvalue weighted by molar-refractivity contribution is 0.112. The molecule has 3 unspecified atom stereocenters. The quantitative estimate of drug-likeness (QED) is 0.691. The second-order valence-electron chi connectivity index (χ2n) is 5.68. The molecule has 2 fully saturated rings. The van der Waals surface area contributed by atoms with Crippen LogP contribution in [0.5, 0.6) is 5.75 Å². The van der Waals surface area contributed by atoms with Gasteiger partial charge < -0.3 is 4.74 Å². The van der Waals surface area contributed by atoms with Crippen LogP contribution in [0.2, 0.25) is 0 Å². The number of benzene rings is 1. The number of halogens is 2. The van der Waals surface area contributed by atoms with E-state index in [0.717, 1.165) is 39.4 Å². The molecule has 2 aliphatic rings. The zero-order valence-corrected chi connectivity index (χ0v) is 13.7. The van der Waals surface area contributed by atoms with Gasteiger partial charge in [-0.15, -0.1) is 0 Å². The van der Waals surface area contributed by atoms with E-state index in [0.29, 0.717) is 11.5 Å². The summed E-state index contributed by atoms with van der Waals surface area (Å²) in [5.74, 6) is 3.34. The van der Waals surface area contributed by atoms with E-state index in [2.05, 4.69) is 31.9 Å². The third-order valence-electron chi connectivity index (χ3n) is 4.48. The topological polar surface area (TPSA) is 26.3 Å². The van der Waals surface area contributed by atoms with Crippen LogP contribution >= 0.6 is 31.9 Å². The Kier molecular flexibility index (Phi) is 3.99. The molecule has 1 aromatic carbocycles. The SMILES string of the molecule is O=Cc1cc(Br)c(OCC2CC3CCC2C3)c(Br)c1. The number of aldehydes is 1. The van der Waals surface area contributed by atoms with Crippen LogP contribution < -0.4 is 4.74 Å². The standard InChI is InChI=1S/C15H16Br2O2/c16-13-5-10(7-18)6-14(17)15(13)19-8-12-4-9-1-2-11(12)3-9/h5-7,9,11-12H,1-4,8H2. The molecule has 0 heterocycles. The Balaban J connectivity index is 1.68. The van der Waals surface area contributed by atoms with Crippen molar-refractivity contribution in [1.82, 2.24) is 0 Å². The Morgan fingerprint density at radius 3 is 2.47 bits per heavy atom. The maximum Gasteiger partial charge on any atom is 0.150 e. The first-order valence-electron chi connectivity index (χ1n) is 6.74. The summed E-state index contributed by atoms with van der Waals surface area (Å²) in [5, 5.41) is 0. The van der Waals surface area contributed by atoms with E-state index in [1.54, 1.807) is 12.1 Å². The molecule has 0 spiro atoms. The molecule has 2 nitrogen and oxygen atoms in total. The fourth-order valence-electron chi connectivity index (χ4n) is 3.56. The van der Waals surface area contributed by atoms with Crippen LogP contribution in [0.3, 0.4) is 0 Å². The zero-order valence-electron chi connectivity index (χ0n) is 10.6. The van der Waals surface area contributed by atoms with Crippen molar-refractivity contribution in [3.05, 3.63) is 26.6 Å². The second-order valence-corrected chi connectivity index (χ2v) is 7.39. The molecule has 19 heavy (non-hydrogen) atoms. The second kappa shape index (κ2) is 5.57. The fourth-order valence-corrected chi connectivity index (χ4v) is 5.01. The molecule has 2 bridgehead atoms. The van der Waals surface area contributed by atoms with E-state index in [1.165, 1.54) is 25.7 Å². The third kappa shape index (κ3) is 2.75. The summed E-state index contributed by atoms with van der Waals surface area (Å²) in [4.78, 5) is 10.8. The van der Waals surface area contributed by atoms with Gasteiger partial charge in [0.2, 0.25) is 0 Å². The first-order valence-corrected chi connectivity index (χ1v) is 8.33. The summed E-state index contributed by atoms with van der Waals surface area (Å²) < 4.78 is 7.67. The van der Waals surface area contributed by atoms with Crippen LogP contribution in [0.1, 0.15) is 36.0 Å². The predicted octanol–water partition coefficient (Wildman–Crippen LogP) is 4.84. The van der Waals surface area contributed by atoms with Gasteiger partial charge >= 0.3 is 0 Å². The summed E-state index contributed by atoms with van der Waals surface area (Å²) in [5.41, 5.74) is 0.644. The number of hydrogen-bond acceptors (Lipinski definition) is 2. The smallest absolute Gasteiger partial charge is 0.150 e. The van der Waals surface area contributed by atoms with Crippen molar-refractivity contribution in [3.8, 4) is 5.75 Å². The lowest BCUT2D eigenvalue weighted by Crippen LogP contribution is -2.18. The summed E-state index contributed by atoms with van der Waals surface area (Å²) in [6.07, 6.45) is 6.37. The highest BCUT2D eigenvalue weighted by Crippen LogP contribution is 2.48. The molecule has 3 rings (SSSR count). The van der Waals surface area contributed by atoms with Gasteiger partial charge in [-0.3, -0.25) is 4.79 Å². The first kappa shape index (κ1) is 13.6. The van der Waals surface area contributed by atoms with Gasteiger partial charge in [0, 0.05) is 5.56 Å². The molecule has 0 N–H and O–H groups in total. The zero-order chi connectivity index (χ0) is 13.4. The Morgan fingerprint density at radius 1 is 1.21 bits per heavy atom. The lowest BCUT2D eigenvalue weighted by atomic mass is 9.89. The maximum atomic E-state index is 10.8. The number of fused-ring (bicyclic) bond motifs is 2. The van der Waals surface area contributed by atoms with E-state index in [4.69, 9.17) is 4.74 Å². The van der Waals surface area contributed by atoms with E-state index < -0.39 is 0 Å². The molecule has 2 saturated carbocycles. The largest absolute Gasteiger partial charge is 0.491 e. The number of hydrogen-bond donors (Lipinski definition) is 0. The summed E-state index contributed by atoms with van der Waals surface area (Å²) >= 11 is 6.95. The predicted molar refractivity (Wildman–Crippen MR) is 81.7 cm³/mol. The maximum absolute atomic E-state index is 10.8. The van der Waals surface area contributed by atoms with Crippen LogP contribution in [0.15, 0.2) is 21.1 Å². The average molecular weight is 388 g/mol. The van der Waals surface area contributed by atoms with E-state index in [9.17, 15) is 4.79 Å². The van der Waals surface area contributed by atoms with Crippen LogP contribution in [0.4, 0.5) is 0 Å². The van der Waals surface area contributed by atoms with E-state index in [1.807, 2.05) is 0 Å². The van der Waals surface area contributed by atoms with Crippen molar-refractivity contribution in [2.45, 2.75) is 25.7 Å². The molecule has 0 aromatic heterocycles. The van der Waals surface area contributed by atoms with Gasteiger partial charge in [0.1, 0.15) is 12.0 Å². The molecular weight excluding hydrogens is 372 g/mol. The van der Waals surface area contributed by atoms with Gasteiger partial charge in [0.05, 0.1) is 15.6 Å². The molecule has 102 valence electrons. The Hall–Kier alpha value is -0.350. The molecule has 4 heteroatoms. The van der Waals surface area contributed by atoms with Gasteiger partial charge in [-0.05, 0) is 81.0 Å². The van der Waals surface area contributed by atoms with Crippen molar-refractivity contribution in [2.75, 3.05) is 6.61 Å². The lowest BCUT2D eigenvalue weighted by Gasteiger charge is -2.22. The molecule has 2 aliphatic carbocycles. The highest BCUT2D eigenvalue weighted by molar-refractivity contribution is 9.11. The van der Waals surface area contributed by atoms with Gasteiger partial charge in [-0.2, -0.15) is 0 Å². The van der Waals surface area contributed by atoms with Gasteiger partial charge in [0.25, 0.3) is 0 Å². The average Bonchev–Trinajstić information content (AvgIpc) is 2.99. The van der Waals surface area contributed by atoms with Crippen LogP contribution in [0.25, 0.3) is 0 Å². The molecule has 1 aromatic rings. The van der Waals surface area contributed by atoms with Crippen LogP contribution in [0, 0.1) is 17.8 Å². The summed E-state index contributed by atoms with van der Waals surface area (Å²) in [6, 6.07) is 3.60. The van der Waals surface area contributed by atoms with E-state index >= 15 is 0 Å². The first-order chi connectivity index (χ1) is 9.17. The highest BCUT2D eigenvalue weighted by atomic mass is 79.9. The molecule has 0 saturated heterocycles. The van der Waals surface area contributed by atoms with Crippen molar-refractivity contribution in [3.63, 3.8) is 0 Å². The van der Waals surface area contributed by atoms with Crippen molar-refractivity contribution in [2.24, 2.45) is 17.8 Å². The Bertz CT molecular complexity index is 478. The molecule has 3 atom stereocenters. The number of carbonyl (C=O) groups is 1. The fraction of sp³-hybridized carbons (Fsp3) is 0.533. The normalized spacial score (nSPS) is 28.6. The van der Waals surface area contributed by atoms with Crippen molar-refractivity contribution in [1.29, 1.82) is 0 Å². The monoisotopic (exact) mass is 386 g/mol. The van der Waals surface area contributed by atoms with Crippen LogP contribution in [-0.4, -0.2) is 12.9 Å². The van der Waals surface area contributed by atoms with Gasteiger partial charge in [0.15, 0.2) is 0 Å². The minimum Gasteiger partial charge on any atom is -0.491 e. The van der Waals surface area contributed by atoms with Gasteiger partial charge in [-0.1, -0.05) is 6.42 Å². The van der Waals surface area contributed by atoms with Crippen LogP contribution in [-0.2, 0) is 0 Å². The Morgan fingerprint density at radius 2 is 1.95 bits per heavy atom. The molecule has 0 aliphatic heterocycles. The molecule has 0 radical (unpaired) electrons. The van der Waals surface area contributed by atoms with Crippen molar-refractivity contribution < 1.29 is 9.53 Å². The van der Waals surface area contributed by atoms with E-state index in [-0.39, 0.29) is 0 Å². The van der Waals surface area contributed by atoms with Crippen molar-refractivity contribution >= 4 is 38.1 Å². The number of ether oxygens (including phenoxy) is 1.